The lowest BCUT2D eigenvalue weighted by Gasteiger charge is -2.44. The second-order valence-electron chi connectivity index (χ2n) is 4.64. The van der Waals surface area contributed by atoms with Crippen LogP contribution in [0.25, 0.3) is 0 Å². The zero-order chi connectivity index (χ0) is 8.22. The van der Waals surface area contributed by atoms with Gasteiger partial charge in [0, 0.05) is 0 Å². The maximum Gasteiger partial charge on any atom is 0.0706 e. The van der Waals surface area contributed by atoms with E-state index in [1.54, 1.807) is 0 Å². The Hall–Kier alpha value is -0.0400. The summed E-state index contributed by atoms with van der Waals surface area (Å²) in [5.74, 6) is 2.60. The normalized spacial score (nSPS) is 62.2. The molecule has 0 aromatic carbocycles. The minimum atomic E-state index is -0.265. The van der Waals surface area contributed by atoms with Gasteiger partial charge in [-0.1, -0.05) is 20.8 Å². The fourth-order valence-corrected chi connectivity index (χ4v) is 3.17. The van der Waals surface area contributed by atoms with E-state index in [0.29, 0.717) is 17.8 Å². The van der Waals surface area contributed by atoms with Crippen LogP contribution in [0.15, 0.2) is 0 Å². The third kappa shape index (κ3) is 0.703. The van der Waals surface area contributed by atoms with Gasteiger partial charge in [0.2, 0.25) is 0 Å². The fraction of sp³-hybridized carbons (Fsp3) is 1.00. The Morgan fingerprint density at radius 2 is 1.82 bits per heavy atom. The van der Waals surface area contributed by atoms with Gasteiger partial charge in [0.05, 0.1) is 5.60 Å². The van der Waals surface area contributed by atoms with Crippen molar-refractivity contribution in [3.8, 4) is 0 Å². The minimum Gasteiger partial charge on any atom is -0.389 e. The van der Waals surface area contributed by atoms with Gasteiger partial charge in [-0.25, -0.2) is 0 Å². The Kier molecular flexibility index (Phi) is 1.39. The predicted molar refractivity (Wildman–Crippen MR) is 45.2 cm³/mol. The Morgan fingerprint density at radius 1 is 1.18 bits per heavy atom. The van der Waals surface area contributed by atoms with Crippen molar-refractivity contribution in [2.45, 2.75) is 39.2 Å². The van der Waals surface area contributed by atoms with Gasteiger partial charge in [0.25, 0.3) is 0 Å². The lowest BCUT2D eigenvalue weighted by Crippen LogP contribution is -2.48. The van der Waals surface area contributed by atoms with E-state index in [1.807, 2.05) is 0 Å². The van der Waals surface area contributed by atoms with Gasteiger partial charge in [-0.2, -0.15) is 0 Å². The number of aliphatic hydroxyl groups is 1. The number of rotatable bonds is 0. The van der Waals surface area contributed by atoms with Gasteiger partial charge in [-0.15, -0.1) is 0 Å². The van der Waals surface area contributed by atoms with Crippen LogP contribution in [0.4, 0.5) is 0 Å². The van der Waals surface area contributed by atoms with Crippen LogP contribution < -0.4 is 0 Å². The van der Waals surface area contributed by atoms with Crippen molar-refractivity contribution in [3.05, 3.63) is 0 Å². The SMILES string of the molecule is CC1C(C)C2CCC2(O)C1C. The maximum atomic E-state index is 10.2. The van der Waals surface area contributed by atoms with E-state index in [2.05, 4.69) is 20.8 Å². The summed E-state index contributed by atoms with van der Waals surface area (Å²) in [5.41, 5.74) is -0.265. The summed E-state index contributed by atoms with van der Waals surface area (Å²) in [5, 5.41) is 10.2. The number of hydrogen-bond acceptors (Lipinski definition) is 1. The van der Waals surface area contributed by atoms with Crippen molar-refractivity contribution in [2.24, 2.45) is 23.7 Å². The molecule has 0 aromatic heterocycles. The van der Waals surface area contributed by atoms with E-state index < -0.39 is 0 Å². The smallest absolute Gasteiger partial charge is 0.0706 e. The molecule has 2 aliphatic carbocycles. The van der Waals surface area contributed by atoms with Crippen LogP contribution in [-0.4, -0.2) is 10.7 Å². The van der Waals surface area contributed by atoms with Crippen LogP contribution in [0.5, 0.6) is 0 Å². The molecule has 0 saturated heterocycles. The Labute approximate surface area is 68.8 Å². The molecule has 11 heavy (non-hydrogen) atoms. The number of fused-ring (bicyclic) bond motifs is 1. The molecule has 1 N–H and O–H groups in total. The zero-order valence-electron chi connectivity index (χ0n) is 7.67. The summed E-state index contributed by atoms with van der Waals surface area (Å²) in [6.45, 7) is 6.79. The van der Waals surface area contributed by atoms with Crippen molar-refractivity contribution in [1.82, 2.24) is 0 Å². The Morgan fingerprint density at radius 3 is 2.00 bits per heavy atom. The van der Waals surface area contributed by atoms with Crippen LogP contribution >= 0.6 is 0 Å². The molecular weight excluding hydrogens is 136 g/mol. The molecule has 1 heteroatoms. The first-order chi connectivity index (χ1) is 5.07. The Bertz CT molecular complexity index is 166. The molecule has 0 aromatic rings. The van der Waals surface area contributed by atoms with Gasteiger partial charge < -0.3 is 5.11 Å². The summed E-state index contributed by atoms with van der Waals surface area (Å²) in [6, 6.07) is 0. The van der Waals surface area contributed by atoms with Crippen molar-refractivity contribution in [2.75, 3.05) is 0 Å². The van der Waals surface area contributed by atoms with Gasteiger partial charge in [0.15, 0.2) is 0 Å². The van der Waals surface area contributed by atoms with Crippen LogP contribution in [0, 0.1) is 23.7 Å². The second-order valence-corrected chi connectivity index (χ2v) is 4.64. The van der Waals surface area contributed by atoms with Gasteiger partial charge in [-0.3, -0.25) is 0 Å². The van der Waals surface area contributed by atoms with Crippen LogP contribution in [0.2, 0.25) is 0 Å². The number of hydrogen-bond donors (Lipinski definition) is 1. The predicted octanol–water partition coefficient (Wildman–Crippen LogP) is 2.05. The van der Waals surface area contributed by atoms with Gasteiger partial charge in [0.1, 0.15) is 0 Å². The molecule has 64 valence electrons. The molecule has 5 unspecified atom stereocenters. The summed E-state index contributed by atoms with van der Waals surface area (Å²) in [6.07, 6.45) is 2.31. The first-order valence-electron chi connectivity index (χ1n) is 4.79. The van der Waals surface area contributed by atoms with Crippen LogP contribution in [0.3, 0.4) is 0 Å². The fourth-order valence-electron chi connectivity index (χ4n) is 3.17. The standard InChI is InChI=1S/C10H18O/c1-6-7(2)9-4-5-10(9,11)8(6)3/h6-9,11H,4-5H2,1-3H3. The lowest BCUT2D eigenvalue weighted by atomic mass is 9.67. The van der Waals surface area contributed by atoms with E-state index in [9.17, 15) is 5.11 Å². The quantitative estimate of drug-likeness (QED) is 0.566. The molecule has 0 aliphatic heterocycles. The molecule has 1 nitrogen and oxygen atoms in total. The minimum absolute atomic E-state index is 0.265. The lowest BCUT2D eigenvalue weighted by molar-refractivity contribution is -0.108. The highest BCUT2D eigenvalue weighted by molar-refractivity contribution is 5.09. The molecule has 0 spiro atoms. The molecule has 5 atom stereocenters. The molecule has 2 rings (SSSR count). The van der Waals surface area contributed by atoms with Crippen LogP contribution in [-0.2, 0) is 0 Å². The topological polar surface area (TPSA) is 20.2 Å². The highest BCUT2D eigenvalue weighted by atomic mass is 16.3. The molecule has 0 heterocycles. The maximum absolute atomic E-state index is 10.2. The summed E-state index contributed by atoms with van der Waals surface area (Å²) in [7, 11) is 0. The molecule has 0 amide bonds. The molecule has 2 aliphatic rings. The molecular formula is C10H18O. The van der Waals surface area contributed by atoms with Crippen molar-refractivity contribution in [1.29, 1.82) is 0 Å². The Balaban J connectivity index is 2.26. The molecule has 2 saturated carbocycles. The summed E-state index contributed by atoms with van der Waals surface area (Å²) in [4.78, 5) is 0. The highest BCUT2D eigenvalue weighted by Gasteiger charge is 2.59. The van der Waals surface area contributed by atoms with Crippen molar-refractivity contribution in [3.63, 3.8) is 0 Å². The van der Waals surface area contributed by atoms with Crippen molar-refractivity contribution < 1.29 is 5.11 Å². The largest absolute Gasteiger partial charge is 0.389 e. The van der Waals surface area contributed by atoms with Crippen molar-refractivity contribution >= 4 is 0 Å². The van der Waals surface area contributed by atoms with E-state index in [4.69, 9.17) is 0 Å². The van der Waals surface area contributed by atoms with Gasteiger partial charge in [-0.05, 0) is 36.5 Å². The average Bonchev–Trinajstić information content (AvgIpc) is 2.04. The molecule has 2 fully saturated rings. The third-order valence-electron chi connectivity index (χ3n) is 4.54. The summed E-state index contributed by atoms with van der Waals surface area (Å²) < 4.78 is 0. The second kappa shape index (κ2) is 2.01. The average molecular weight is 154 g/mol. The first-order valence-corrected chi connectivity index (χ1v) is 4.79. The zero-order valence-corrected chi connectivity index (χ0v) is 7.67. The van der Waals surface area contributed by atoms with E-state index in [-0.39, 0.29) is 5.60 Å². The highest BCUT2D eigenvalue weighted by Crippen LogP contribution is 2.58. The van der Waals surface area contributed by atoms with E-state index in [0.717, 1.165) is 12.3 Å². The van der Waals surface area contributed by atoms with E-state index >= 15 is 0 Å². The monoisotopic (exact) mass is 154 g/mol. The molecule has 0 radical (unpaired) electrons. The van der Waals surface area contributed by atoms with E-state index in [1.165, 1.54) is 6.42 Å². The first kappa shape index (κ1) is 7.60. The van der Waals surface area contributed by atoms with Crippen LogP contribution in [0.1, 0.15) is 33.6 Å². The third-order valence-corrected chi connectivity index (χ3v) is 4.54. The van der Waals surface area contributed by atoms with Gasteiger partial charge >= 0.3 is 0 Å². The molecule has 0 bridgehead atoms. The summed E-state index contributed by atoms with van der Waals surface area (Å²) >= 11 is 0.